The zero-order valence-corrected chi connectivity index (χ0v) is 18.3. The summed E-state index contributed by atoms with van der Waals surface area (Å²) in [5.74, 6) is -0.656. The molecular formula is C21H26F3N7O. The van der Waals surface area contributed by atoms with E-state index in [-0.39, 0.29) is 22.7 Å². The number of fused-ring (bicyclic) bond motifs is 1. The molecule has 8 nitrogen and oxygen atoms in total. The van der Waals surface area contributed by atoms with E-state index in [0.29, 0.717) is 16.8 Å². The number of nitrogens with two attached hydrogens (primary N) is 2. The molecule has 1 saturated carbocycles. The van der Waals surface area contributed by atoms with Crippen LogP contribution in [0.4, 0.5) is 18.9 Å². The van der Waals surface area contributed by atoms with Crippen molar-refractivity contribution in [2.45, 2.75) is 51.4 Å². The summed E-state index contributed by atoms with van der Waals surface area (Å²) in [7, 11) is 1.44. The van der Waals surface area contributed by atoms with Crippen LogP contribution in [0.1, 0.15) is 49.7 Å². The molecule has 0 aliphatic heterocycles. The first-order chi connectivity index (χ1) is 14.7. The smallest absolute Gasteiger partial charge is 0.379 e. The van der Waals surface area contributed by atoms with Gasteiger partial charge >= 0.3 is 6.18 Å². The normalized spacial score (nSPS) is 23.1. The Morgan fingerprint density at radius 3 is 2.50 bits per heavy atom. The SMILES string of the molecule is Cn1nc(C(F)(F)F)cc1-c1cc2c(N[C@@H]3CC[C@](C)(N)C3(C)C)c(C(N)=O)cnn2c1. The Balaban J connectivity index is 1.83. The van der Waals surface area contributed by atoms with Gasteiger partial charge in [-0.05, 0) is 31.9 Å². The molecule has 1 aliphatic rings. The molecule has 1 amide bonds. The van der Waals surface area contributed by atoms with Crippen LogP contribution in [0, 0.1) is 5.41 Å². The van der Waals surface area contributed by atoms with Gasteiger partial charge in [-0.2, -0.15) is 23.4 Å². The van der Waals surface area contributed by atoms with Crippen LogP contribution in [0.2, 0.25) is 0 Å². The van der Waals surface area contributed by atoms with E-state index in [1.54, 1.807) is 12.3 Å². The Morgan fingerprint density at radius 2 is 1.97 bits per heavy atom. The molecular weight excluding hydrogens is 423 g/mol. The molecule has 32 heavy (non-hydrogen) atoms. The molecule has 0 bridgehead atoms. The highest BCUT2D eigenvalue weighted by Crippen LogP contribution is 2.46. The molecule has 1 aliphatic carbocycles. The van der Waals surface area contributed by atoms with Gasteiger partial charge in [0.15, 0.2) is 5.69 Å². The van der Waals surface area contributed by atoms with Crippen molar-refractivity contribution in [3.63, 3.8) is 0 Å². The van der Waals surface area contributed by atoms with Gasteiger partial charge in [0, 0.05) is 35.8 Å². The zero-order chi connectivity index (χ0) is 23.6. The van der Waals surface area contributed by atoms with Gasteiger partial charge in [-0.1, -0.05) is 13.8 Å². The van der Waals surface area contributed by atoms with E-state index in [2.05, 4.69) is 29.4 Å². The summed E-state index contributed by atoms with van der Waals surface area (Å²) in [6.45, 7) is 6.14. The first kappa shape index (κ1) is 22.1. The maximum Gasteiger partial charge on any atom is 0.435 e. The minimum absolute atomic E-state index is 0.0475. The summed E-state index contributed by atoms with van der Waals surface area (Å²) in [4.78, 5) is 12.1. The minimum Gasteiger partial charge on any atom is -0.379 e. The van der Waals surface area contributed by atoms with Gasteiger partial charge in [0.1, 0.15) is 0 Å². The fraction of sp³-hybridized carbons (Fsp3) is 0.476. The van der Waals surface area contributed by atoms with Gasteiger partial charge in [0.25, 0.3) is 5.91 Å². The van der Waals surface area contributed by atoms with Crippen molar-refractivity contribution in [1.29, 1.82) is 0 Å². The van der Waals surface area contributed by atoms with Crippen LogP contribution in [0.25, 0.3) is 16.8 Å². The summed E-state index contributed by atoms with van der Waals surface area (Å²) in [5, 5.41) is 11.3. The topological polar surface area (TPSA) is 116 Å². The maximum atomic E-state index is 13.1. The van der Waals surface area contributed by atoms with Crippen molar-refractivity contribution in [2.24, 2.45) is 23.9 Å². The molecule has 11 heteroatoms. The van der Waals surface area contributed by atoms with Crippen LogP contribution < -0.4 is 16.8 Å². The molecule has 4 rings (SSSR count). The number of aromatic nitrogens is 4. The Hall–Kier alpha value is -3.08. The second kappa shape index (κ2) is 6.96. The van der Waals surface area contributed by atoms with Gasteiger partial charge in [-0.3, -0.25) is 9.48 Å². The molecule has 0 aromatic carbocycles. The minimum atomic E-state index is -4.55. The van der Waals surface area contributed by atoms with Gasteiger partial charge in [0.2, 0.25) is 0 Å². The van der Waals surface area contributed by atoms with E-state index in [4.69, 9.17) is 11.5 Å². The number of anilines is 1. The molecule has 0 radical (unpaired) electrons. The Labute approximate surface area is 182 Å². The molecule has 3 aromatic heterocycles. The van der Waals surface area contributed by atoms with E-state index in [9.17, 15) is 18.0 Å². The Kier molecular flexibility index (Phi) is 4.81. The summed E-state index contributed by atoms with van der Waals surface area (Å²) >= 11 is 0. The Morgan fingerprint density at radius 1 is 1.28 bits per heavy atom. The predicted molar refractivity (Wildman–Crippen MR) is 114 cm³/mol. The molecule has 172 valence electrons. The van der Waals surface area contributed by atoms with E-state index in [1.165, 1.54) is 22.4 Å². The number of hydrogen-bond acceptors (Lipinski definition) is 5. The van der Waals surface area contributed by atoms with Gasteiger partial charge in [-0.15, -0.1) is 0 Å². The average Bonchev–Trinajstić information content (AvgIpc) is 3.31. The molecule has 3 aromatic rings. The summed E-state index contributed by atoms with van der Waals surface area (Å²) in [5.41, 5.74) is 12.4. The lowest BCUT2D eigenvalue weighted by atomic mass is 9.75. The number of aryl methyl sites for hydroxylation is 1. The standard InChI is InChI=1S/C21H26F3N7O/c1-19(2)15(5-6-20(19,3)26)28-17-12(18(25)32)9-27-31-10-11(7-14(17)31)13-8-16(21(22,23)24)29-30(13)4/h7-10,15,28H,5-6,26H2,1-4H3,(H2,25,32)/t15-,20+/m1/s1. The first-order valence-corrected chi connectivity index (χ1v) is 10.2. The number of amides is 1. The number of carbonyl (C=O) groups is 1. The lowest BCUT2D eigenvalue weighted by Crippen LogP contribution is -2.51. The third-order valence-electron chi connectivity index (χ3n) is 6.98. The van der Waals surface area contributed by atoms with Crippen LogP contribution in [0.5, 0.6) is 0 Å². The molecule has 0 unspecified atom stereocenters. The number of carbonyl (C=O) groups excluding carboxylic acids is 1. The van der Waals surface area contributed by atoms with Crippen LogP contribution in [0.3, 0.4) is 0 Å². The van der Waals surface area contributed by atoms with Gasteiger partial charge in [0.05, 0.1) is 28.7 Å². The highest BCUT2D eigenvalue weighted by molar-refractivity contribution is 6.02. The molecule has 1 fully saturated rings. The predicted octanol–water partition coefficient (Wildman–Crippen LogP) is 3.17. The number of nitrogens with zero attached hydrogens (tertiary/aromatic N) is 4. The Bertz CT molecular complexity index is 1210. The molecule has 0 saturated heterocycles. The average molecular weight is 449 g/mol. The number of rotatable bonds is 4. The van der Waals surface area contributed by atoms with Crippen molar-refractivity contribution in [3.8, 4) is 11.3 Å². The molecule has 2 atom stereocenters. The summed E-state index contributed by atoms with van der Waals surface area (Å²) in [6.07, 6.45) is -0.0176. The van der Waals surface area contributed by atoms with Crippen molar-refractivity contribution in [3.05, 3.63) is 35.8 Å². The van der Waals surface area contributed by atoms with Crippen LogP contribution in [0.15, 0.2) is 24.5 Å². The zero-order valence-electron chi connectivity index (χ0n) is 18.3. The largest absolute Gasteiger partial charge is 0.435 e. The number of alkyl halides is 3. The van der Waals surface area contributed by atoms with E-state index < -0.39 is 23.3 Å². The van der Waals surface area contributed by atoms with Gasteiger partial charge in [-0.25, -0.2) is 4.52 Å². The van der Waals surface area contributed by atoms with Crippen molar-refractivity contribution >= 4 is 17.1 Å². The maximum absolute atomic E-state index is 13.1. The van der Waals surface area contributed by atoms with Crippen LogP contribution in [-0.4, -0.2) is 36.9 Å². The monoisotopic (exact) mass is 449 g/mol. The highest BCUT2D eigenvalue weighted by atomic mass is 19.4. The number of halogens is 3. The van der Waals surface area contributed by atoms with Crippen LogP contribution in [-0.2, 0) is 13.2 Å². The van der Waals surface area contributed by atoms with Crippen LogP contribution >= 0.6 is 0 Å². The van der Waals surface area contributed by atoms with Gasteiger partial charge < -0.3 is 16.8 Å². The van der Waals surface area contributed by atoms with E-state index in [1.807, 2.05) is 6.92 Å². The first-order valence-electron chi connectivity index (χ1n) is 10.2. The second-order valence-corrected chi connectivity index (χ2v) is 9.27. The second-order valence-electron chi connectivity index (χ2n) is 9.27. The molecule has 0 spiro atoms. The van der Waals surface area contributed by atoms with Crippen molar-refractivity contribution in [1.82, 2.24) is 19.4 Å². The summed E-state index contributed by atoms with van der Waals surface area (Å²) in [6, 6.07) is 2.60. The lowest BCUT2D eigenvalue weighted by molar-refractivity contribution is -0.141. The third-order valence-corrected chi connectivity index (χ3v) is 6.98. The fourth-order valence-electron chi connectivity index (χ4n) is 4.36. The van der Waals surface area contributed by atoms with E-state index >= 15 is 0 Å². The molecule has 3 heterocycles. The third kappa shape index (κ3) is 3.40. The van der Waals surface area contributed by atoms with Crippen molar-refractivity contribution in [2.75, 3.05) is 5.32 Å². The fourth-order valence-corrected chi connectivity index (χ4v) is 4.36. The molecule has 5 N–H and O–H groups in total. The lowest BCUT2D eigenvalue weighted by Gasteiger charge is -2.39. The number of primary amides is 1. The summed E-state index contributed by atoms with van der Waals surface area (Å²) < 4.78 is 42.0. The van der Waals surface area contributed by atoms with Crippen molar-refractivity contribution < 1.29 is 18.0 Å². The quantitative estimate of drug-likeness (QED) is 0.566. The number of nitrogens with one attached hydrogen (secondary N) is 1. The number of hydrogen-bond donors (Lipinski definition) is 3. The van der Waals surface area contributed by atoms with E-state index in [0.717, 1.165) is 18.9 Å². The highest BCUT2D eigenvalue weighted by Gasteiger charge is 2.49.